The maximum Gasteiger partial charge on any atom is 0.0579 e. The van der Waals surface area contributed by atoms with Gasteiger partial charge in [0.15, 0.2) is 0 Å². The van der Waals surface area contributed by atoms with Gasteiger partial charge in [-0.15, -0.1) is 0 Å². The van der Waals surface area contributed by atoms with Crippen molar-refractivity contribution in [1.29, 1.82) is 0 Å². The number of hydrogen-bond donors (Lipinski definition) is 4. The van der Waals surface area contributed by atoms with E-state index >= 15 is 0 Å². The third-order valence-electron chi connectivity index (χ3n) is 10.4. The third-order valence-corrected chi connectivity index (χ3v) is 10.4. The smallest absolute Gasteiger partial charge is 0.0579 e. The SMILES string of the molecule is CC(/C=C/C(C)C1C[C@@H](O)C2C3CC(O)C4C[C@@H](O)CC[C@]4(C)C3CC[C@]12C)CO. The lowest BCUT2D eigenvalue weighted by molar-refractivity contribution is -0.180. The van der Waals surface area contributed by atoms with Gasteiger partial charge in [0, 0.05) is 6.61 Å². The number of allylic oxidation sites excluding steroid dienone is 1. The molecule has 8 unspecified atom stereocenters. The minimum Gasteiger partial charge on any atom is -0.396 e. The average Bonchev–Trinajstić information content (AvgIpc) is 2.98. The van der Waals surface area contributed by atoms with Crippen LogP contribution in [0.1, 0.15) is 72.6 Å². The van der Waals surface area contributed by atoms with Crippen molar-refractivity contribution in [3.8, 4) is 0 Å². The van der Waals surface area contributed by atoms with Crippen LogP contribution in [0.3, 0.4) is 0 Å². The highest BCUT2D eigenvalue weighted by Gasteiger charge is 2.64. The van der Waals surface area contributed by atoms with Crippen LogP contribution in [0, 0.1) is 52.3 Å². The maximum atomic E-state index is 11.3. The Bertz CT molecular complexity index is 649. The molecule has 0 aromatic rings. The fourth-order valence-corrected chi connectivity index (χ4v) is 8.77. The normalized spacial score (nSPS) is 53.1. The summed E-state index contributed by atoms with van der Waals surface area (Å²) in [5.74, 6) is 2.37. The summed E-state index contributed by atoms with van der Waals surface area (Å²) in [7, 11) is 0. The van der Waals surface area contributed by atoms with E-state index in [4.69, 9.17) is 0 Å². The molecule has 4 rings (SSSR count). The second-order valence-corrected chi connectivity index (χ2v) is 12.0. The van der Waals surface area contributed by atoms with E-state index in [1.54, 1.807) is 0 Å². The number of rotatable bonds is 4. The lowest BCUT2D eigenvalue weighted by Crippen LogP contribution is -2.59. The second-order valence-electron chi connectivity index (χ2n) is 12.0. The van der Waals surface area contributed by atoms with Crippen LogP contribution in [-0.4, -0.2) is 45.3 Å². The molecule has 0 heterocycles. The molecule has 0 spiro atoms. The predicted octanol–water partition coefficient (Wildman–Crippen LogP) is 3.77. The van der Waals surface area contributed by atoms with Gasteiger partial charge in [-0.3, -0.25) is 0 Å². The summed E-state index contributed by atoms with van der Waals surface area (Å²) < 4.78 is 0. The Kier molecular flexibility index (Phi) is 6.20. The lowest BCUT2D eigenvalue weighted by Gasteiger charge is -2.62. The first kappa shape index (κ1) is 22.8. The monoisotopic (exact) mass is 420 g/mol. The minimum atomic E-state index is -0.359. The fourth-order valence-electron chi connectivity index (χ4n) is 8.77. The third kappa shape index (κ3) is 3.50. The van der Waals surface area contributed by atoms with Gasteiger partial charge in [0.25, 0.3) is 0 Å². The van der Waals surface area contributed by atoms with Crippen molar-refractivity contribution in [3.05, 3.63) is 12.2 Å². The summed E-state index contributed by atoms with van der Waals surface area (Å²) in [6, 6.07) is 0. The first-order chi connectivity index (χ1) is 14.1. The van der Waals surface area contributed by atoms with Crippen LogP contribution in [0.4, 0.5) is 0 Å². The first-order valence-electron chi connectivity index (χ1n) is 12.4. The number of aliphatic hydroxyl groups excluding tert-OH is 4. The van der Waals surface area contributed by atoms with Crippen LogP contribution < -0.4 is 0 Å². The summed E-state index contributed by atoms with van der Waals surface area (Å²) in [4.78, 5) is 0. The molecule has 30 heavy (non-hydrogen) atoms. The van der Waals surface area contributed by atoms with Crippen molar-refractivity contribution in [2.75, 3.05) is 6.61 Å². The van der Waals surface area contributed by atoms with Crippen LogP contribution in [0.5, 0.6) is 0 Å². The van der Waals surface area contributed by atoms with Gasteiger partial charge in [-0.2, -0.15) is 0 Å². The molecule has 4 aliphatic carbocycles. The standard InChI is InChI=1S/C26H44O4/c1-15(14-27)5-6-16(2)20-13-23(30)24-18-12-22(29)21-11-17(28)7-9-25(21,3)19(18)8-10-26(20,24)4/h5-6,15-24,27-30H,7-14H2,1-4H3/b6-5+/t15?,16?,17-,18?,19?,20?,21?,22?,23+,24?,25+,26+/m0/s1. The molecule has 0 aliphatic heterocycles. The van der Waals surface area contributed by atoms with Gasteiger partial charge in [-0.1, -0.05) is 39.8 Å². The zero-order chi connectivity index (χ0) is 21.8. The van der Waals surface area contributed by atoms with E-state index in [2.05, 4.69) is 32.9 Å². The van der Waals surface area contributed by atoms with Gasteiger partial charge in [0.1, 0.15) is 0 Å². The van der Waals surface area contributed by atoms with Crippen molar-refractivity contribution < 1.29 is 20.4 Å². The average molecular weight is 421 g/mol. The summed E-state index contributed by atoms with van der Waals surface area (Å²) in [5, 5.41) is 42.0. The number of aliphatic hydroxyl groups is 4. The largest absolute Gasteiger partial charge is 0.396 e. The zero-order valence-corrected chi connectivity index (χ0v) is 19.4. The molecule has 0 aromatic carbocycles. The topological polar surface area (TPSA) is 80.9 Å². The molecule has 4 saturated carbocycles. The molecule has 0 aromatic heterocycles. The predicted molar refractivity (Wildman–Crippen MR) is 119 cm³/mol. The van der Waals surface area contributed by atoms with Crippen molar-refractivity contribution >= 4 is 0 Å². The molecule has 0 bridgehead atoms. The molecule has 0 radical (unpaired) electrons. The highest BCUT2D eigenvalue weighted by atomic mass is 16.3. The molecule has 4 nitrogen and oxygen atoms in total. The quantitative estimate of drug-likeness (QED) is 0.522. The van der Waals surface area contributed by atoms with Crippen LogP contribution in [0.25, 0.3) is 0 Å². The van der Waals surface area contributed by atoms with E-state index in [1.165, 1.54) is 6.42 Å². The summed E-state index contributed by atoms with van der Waals surface area (Å²) >= 11 is 0. The van der Waals surface area contributed by atoms with Crippen molar-refractivity contribution in [2.45, 2.75) is 91.0 Å². The maximum absolute atomic E-state index is 11.3. The Morgan fingerprint density at radius 2 is 1.57 bits per heavy atom. The molecule has 12 atom stereocenters. The van der Waals surface area contributed by atoms with Crippen molar-refractivity contribution in [3.63, 3.8) is 0 Å². The molecule has 4 N–H and O–H groups in total. The van der Waals surface area contributed by atoms with E-state index < -0.39 is 0 Å². The first-order valence-corrected chi connectivity index (χ1v) is 12.4. The van der Waals surface area contributed by atoms with Crippen molar-refractivity contribution in [2.24, 2.45) is 52.3 Å². The molecular formula is C26H44O4. The van der Waals surface area contributed by atoms with E-state index in [0.717, 1.165) is 38.5 Å². The zero-order valence-electron chi connectivity index (χ0n) is 19.4. The van der Waals surface area contributed by atoms with E-state index in [0.29, 0.717) is 23.7 Å². The lowest BCUT2D eigenvalue weighted by atomic mass is 9.43. The van der Waals surface area contributed by atoms with Crippen LogP contribution in [-0.2, 0) is 0 Å². The Morgan fingerprint density at radius 3 is 2.27 bits per heavy atom. The highest BCUT2D eigenvalue weighted by molar-refractivity contribution is 5.14. The van der Waals surface area contributed by atoms with Crippen LogP contribution in [0.2, 0.25) is 0 Å². The van der Waals surface area contributed by atoms with Crippen molar-refractivity contribution in [1.82, 2.24) is 0 Å². The highest BCUT2D eigenvalue weighted by Crippen LogP contribution is 2.68. The second kappa shape index (κ2) is 8.17. The Hall–Kier alpha value is -0.420. The molecule has 0 saturated heterocycles. The molecule has 0 amide bonds. The van der Waals surface area contributed by atoms with Gasteiger partial charge < -0.3 is 20.4 Å². The summed E-state index contributed by atoms with van der Waals surface area (Å²) in [6.45, 7) is 9.25. The fraction of sp³-hybridized carbons (Fsp3) is 0.923. The Labute approximate surface area is 182 Å². The van der Waals surface area contributed by atoms with E-state index in [-0.39, 0.29) is 53.5 Å². The number of fused-ring (bicyclic) bond motifs is 5. The van der Waals surface area contributed by atoms with E-state index in [9.17, 15) is 20.4 Å². The molecule has 172 valence electrons. The van der Waals surface area contributed by atoms with Gasteiger partial charge in [-0.05, 0) is 97.2 Å². The Balaban J connectivity index is 1.59. The van der Waals surface area contributed by atoms with Gasteiger partial charge in [-0.25, -0.2) is 0 Å². The van der Waals surface area contributed by atoms with Crippen LogP contribution >= 0.6 is 0 Å². The number of hydrogen-bond acceptors (Lipinski definition) is 4. The van der Waals surface area contributed by atoms with Gasteiger partial charge in [0.05, 0.1) is 18.3 Å². The summed E-state index contributed by atoms with van der Waals surface area (Å²) in [6.07, 6.45) is 10.0. The molecule has 4 aliphatic rings. The van der Waals surface area contributed by atoms with Gasteiger partial charge >= 0.3 is 0 Å². The molecule has 4 fully saturated rings. The van der Waals surface area contributed by atoms with Gasteiger partial charge in [0.2, 0.25) is 0 Å². The van der Waals surface area contributed by atoms with E-state index in [1.807, 2.05) is 6.92 Å². The Morgan fingerprint density at radius 1 is 0.867 bits per heavy atom. The molecular weight excluding hydrogens is 376 g/mol. The van der Waals surface area contributed by atoms with Crippen LogP contribution in [0.15, 0.2) is 12.2 Å². The summed E-state index contributed by atoms with van der Waals surface area (Å²) in [5.41, 5.74) is 0.187. The minimum absolute atomic E-state index is 0.0861. The molecule has 4 heteroatoms.